The van der Waals surface area contributed by atoms with Crippen molar-refractivity contribution in [2.24, 2.45) is 11.8 Å². The van der Waals surface area contributed by atoms with Crippen LogP contribution in [-0.4, -0.2) is 16.7 Å². The van der Waals surface area contributed by atoms with Gasteiger partial charge in [-0.05, 0) is 43.9 Å². The molecule has 0 aromatic heterocycles. The summed E-state index contributed by atoms with van der Waals surface area (Å²) in [4.78, 5) is 0.528. The Morgan fingerprint density at radius 1 is 1.23 bits per heavy atom. The standard InChI is InChI=1S/C11H19NS/c1-8-7-12-11(13-8)6-9-2-4-10(11)5-3-9/h8-10,12H,2-7H2,1H3. The van der Waals surface area contributed by atoms with Crippen LogP contribution in [0.1, 0.15) is 39.0 Å². The summed E-state index contributed by atoms with van der Waals surface area (Å²) in [5, 5.41) is 4.66. The molecule has 0 aromatic rings. The second kappa shape index (κ2) is 2.90. The van der Waals surface area contributed by atoms with Gasteiger partial charge in [0, 0.05) is 11.8 Å². The van der Waals surface area contributed by atoms with E-state index in [2.05, 4.69) is 24.0 Å². The molecule has 1 N–H and O–H groups in total. The predicted molar refractivity (Wildman–Crippen MR) is 57.9 cm³/mol. The maximum absolute atomic E-state index is 3.82. The summed E-state index contributed by atoms with van der Waals surface area (Å²) in [5.74, 6) is 2.04. The second-order valence-electron chi connectivity index (χ2n) is 5.12. The maximum atomic E-state index is 3.82. The first-order valence-electron chi connectivity index (χ1n) is 5.71. The molecule has 2 unspecified atom stereocenters. The van der Waals surface area contributed by atoms with E-state index in [1.165, 1.54) is 38.6 Å². The van der Waals surface area contributed by atoms with Crippen molar-refractivity contribution in [1.82, 2.24) is 5.32 Å². The molecular weight excluding hydrogens is 178 g/mol. The van der Waals surface area contributed by atoms with Crippen LogP contribution in [-0.2, 0) is 0 Å². The number of hydrogen-bond donors (Lipinski definition) is 1. The molecule has 2 heteroatoms. The first-order chi connectivity index (χ1) is 6.28. The van der Waals surface area contributed by atoms with Gasteiger partial charge in [0.1, 0.15) is 0 Å². The number of hydrogen-bond acceptors (Lipinski definition) is 2. The van der Waals surface area contributed by atoms with Gasteiger partial charge in [0.15, 0.2) is 0 Å². The van der Waals surface area contributed by atoms with E-state index in [0.717, 1.165) is 17.1 Å². The molecule has 4 rings (SSSR count). The van der Waals surface area contributed by atoms with Crippen molar-refractivity contribution in [3.63, 3.8) is 0 Å². The summed E-state index contributed by atoms with van der Waals surface area (Å²) >= 11 is 2.24. The average Bonchev–Trinajstić information content (AvgIpc) is 2.49. The largest absolute Gasteiger partial charge is 0.301 e. The number of nitrogens with one attached hydrogen (secondary N) is 1. The van der Waals surface area contributed by atoms with E-state index in [0.29, 0.717) is 4.87 Å². The topological polar surface area (TPSA) is 12.0 Å². The fourth-order valence-electron chi connectivity index (χ4n) is 3.55. The van der Waals surface area contributed by atoms with Crippen LogP contribution < -0.4 is 5.32 Å². The molecule has 0 aromatic carbocycles. The van der Waals surface area contributed by atoms with Crippen LogP contribution in [0.5, 0.6) is 0 Å². The minimum absolute atomic E-state index is 0.528. The molecule has 3 aliphatic carbocycles. The van der Waals surface area contributed by atoms with Crippen LogP contribution in [0, 0.1) is 11.8 Å². The van der Waals surface area contributed by atoms with E-state index in [9.17, 15) is 0 Å². The minimum Gasteiger partial charge on any atom is -0.301 e. The van der Waals surface area contributed by atoms with Crippen molar-refractivity contribution in [3.05, 3.63) is 0 Å². The lowest BCUT2D eigenvalue weighted by molar-refractivity contribution is 0.109. The lowest BCUT2D eigenvalue weighted by Crippen LogP contribution is -2.51. The van der Waals surface area contributed by atoms with E-state index in [1.807, 2.05) is 0 Å². The van der Waals surface area contributed by atoms with Crippen molar-refractivity contribution >= 4 is 11.8 Å². The van der Waals surface area contributed by atoms with Crippen molar-refractivity contribution in [1.29, 1.82) is 0 Å². The molecule has 0 radical (unpaired) electrons. The zero-order chi connectivity index (χ0) is 8.89. The Morgan fingerprint density at radius 2 is 2.00 bits per heavy atom. The zero-order valence-corrected chi connectivity index (χ0v) is 9.20. The normalized spacial score (nSPS) is 54.7. The smallest absolute Gasteiger partial charge is 0.0679 e. The van der Waals surface area contributed by atoms with Crippen LogP contribution in [0.3, 0.4) is 0 Å². The molecule has 2 atom stereocenters. The van der Waals surface area contributed by atoms with Crippen molar-refractivity contribution in [2.45, 2.75) is 49.1 Å². The molecule has 1 aliphatic heterocycles. The number of fused-ring (bicyclic) bond motifs is 2. The third-order valence-corrected chi connectivity index (χ3v) is 5.83. The lowest BCUT2D eigenvalue weighted by atomic mass is 9.67. The number of thioether (sulfide) groups is 1. The van der Waals surface area contributed by atoms with E-state index < -0.39 is 0 Å². The molecule has 1 nitrogen and oxygen atoms in total. The first-order valence-corrected chi connectivity index (χ1v) is 6.59. The Bertz CT molecular complexity index is 210. The van der Waals surface area contributed by atoms with Gasteiger partial charge in [-0.15, -0.1) is 11.8 Å². The van der Waals surface area contributed by atoms with Gasteiger partial charge in [-0.1, -0.05) is 6.92 Å². The Morgan fingerprint density at radius 3 is 2.46 bits per heavy atom. The summed E-state index contributed by atoms with van der Waals surface area (Å²) in [6, 6.07) is 0. The highest BCUT2D eigenvalue weighted by Gasteiger charge is 2.50. The van der Waals surface area contributed by atoms with Crippen LogP contribution >= 0.6 is 11.8 Å². The highest BCUT2D eigenvalue weighted by Crippen LogP contribution is 2.55. The van der Waals surface area contributed by atoms with Gasteiger partial charge in [0.2, 0.25) is 0 Å². The van der Waals surface area contributed by atoms with Crippen LogP contribution in [0.15, 0.2) is 0 Å². The van der Waals surface area contributed by atoms with Crippen LogP contribution in [0.4, 0.5) is 0 Å². The molecule has 4 fully saturated rings. The van der Waals surface area contributed by atoms with E-state index in [1.54, 1.807) is 0 Å². The molecule has 1 spiro atoms. The van der Waals surface area contributed by atoms with E-state index in [-0.39, 0.29) is 0 Å². The van der Waals surface area contributed by atoms with Gasteiger partial charge in [-0.25, -0.2) is 0 Å². The quantitative estimate of drug-likeness (QED) is 0.640. The van der Waals surface area contributed by atoms with Crippen molar-refractivity contribution in [3.8, 4) is 0 Å². The molecule has 3 saturated carbocycles. The van der Waals surface area contributed by atoms with Crippen molar-refractivity contribution < 1.29 is 0 Å². The summed E-state index contributed by atoms with van der Waals surface area (Å²) in [6.07, 6.45) is 7.49. The second-order valence-corrected chi connectivity index (χ2v) is 6.89. The summed E-state index contributed by atoms with van der Waals surface area (Å²) in [7, 11) is 0. The lowest BCUT2D eigenvalue weighted by Gasteiger charge is -2.49. The molecule has 13 heavy (non-hydrogen) atoms. The molecular formula is C11H19NS. The number of rotatable bonds is 0. The SMILES string of the molecule is CC1CNC2(CC3CCC2CC3)S1. The first kappa shape index (κ1) is 8.60. The van der Waals surface area contributed by atoms with Gasteiger partial charge >= 0.3 is 0 Å². The molecule has 4 aliphatic rings. The van der Waals surface area contributed by atoms with Gasteiger partial charge in [0.05, 0.1) is 4.87 Å². The Hall–Kier alpha value is 0.310. The summed E-state index contributed by atoms with van der Waals surface area (Å²) in [6.45, 7) is 3.61. The van der Waals surface area contributed by atoms with Gasteiger partial charge in [0.25, 0.3) is 0 Å². The van der Waals surface area contributed by atoms with Crippen molar-refractivity contribution in [2.75, 3.05) is 6.54 Å². The Balaban J connectivity index is 1.83. The third-order valence-electron chi connectivity index (χ3n) is 4.20. The van der Waals surface area contributed by atoms with Gasteiger partial charge < -0.3 is 5.32 Å². The Labute approximate surface area is 85.0 Å². The third kappa shape index (κ3) is 1.25. The Kier molecular flexibility index (Phi) is 1.92. The average molecular weight is 197 g/mol. The van der Waals surface area contributed by atoms with Gasteiger partial charge in [-0.3, -0.25) is 0 Å². The highest BCUT2D eigenvalue weighted by molar-refractivity contribution is 8.01. The molecule has 74 valence electrons. The maximum Gasteiger partial charge on any atom is 0.0679 e. The summed E-state index contributed by atoms with van der Waals surface area (Å²) < 4.78 is 0. The van der Waals surface area contributed by atoms with E-state index in [4.69, 9.17) is 0 Å². The molecule has 1 saturated heterocycles. The fourth-order valence-corrected chi connectivity index (χ4v) is 5.36. The van der Waals surface area contributed by atoms with E-state index >= 15 is 0 Å². The highest BCUT2D eigenvalue weighted by atomic mass is 32.2. The predicted octanol–water partition coefficient (Wildman–Crippen LogP) is 2.62. The molecule has 1 heterocycles. The fraction of sp³-hybridized carbons (Fsp3) is 1.00. The van der Waals surface area contributed by atoms with Gasteiger partial charge in [-0.2, -0.15) is 0 Å². The van der Waals surface area contributed by atoms with Crippen LogP contribution in [0.2, 0.25) is 0 Å². The minimum atomic E-state index is 0.528. The molecule has 2 bridgehead atoms. The summed E-state index contributed by atoms with van der Waals surface area (Å²) in [5.41, 5.74) is 0. The molecule has 0 amide bonds. The zero-order valence-electron chi connectivity index (χ0n) is 8.38. The monoisotopic (exact) mass is 197 g/mol. The van der Waals surface area contributed by atoms with Crippen LogP contribution in [0.25, 0.3) is 0 Å².